The number of hydrogen-bond acceptors (Lipinski definition) is 5. The standard InChI is InChI=1S/C24H18F2N2O3S/c1-30-22-12-16(4-11-21(22)31-13-15-2-5-17(25)6-3-15)24-28-20(14-32-24)23(29)27-19-9-7-18(26)8-10-19/h2-12,14H,13H2,1H3,(H,27,29). The Labute approximate surface area is 187 Å². The largest absolute Gasteiger partial charge is 0.493 e. The highest BCUT2D eigenvalue weighted by Gasteiger charge is 2.14. The van der Waals surface area contributed by atoms with Gasteiger partial charge < -0.3 is 14.8 Å². The summed E-state index contributed by atoms with van der Waals surface area (Å²) < 4.78 is 37.3. The molecule has 4 aromatic rings. The molecule has 0 unspecified atom stereocenters. The molecule has 1 amide bonds. The van der Waals surface area contributed by atoms with Crippen molar-refractivity contribution in [3.63, 3.8) is 0 Å². The smallest absolute Gasteiger partial charge is 0.275 e. The predicted molar refractivity (Wildman–Crippen MR) is 119 cm³/mol. The van der Waals surface area contributed by atoms with Crippen molar-refractivity contribution in [3.8, 4) is 22.1 Å². The van der Waals surface area contributed by atoms with Crippen LogP contribution >= 0.6 is 11.3 Å². The number of rotatable bonds is 7. The highest BCUT2D eigenvalue weighted by atomic mass is 32.1. The molecule has 0 aliphatic carbocycles. The van der Waals surface area contributed by atoms with E-state index in [-0.39, 0.29) is 29.8 Å². The number of methoxy groups -OCH3 is 1. The van der Waals surface area contributed by atoms with Gasteiger partial charge in [0.2, 0.25) is 0 Å². The molecule has 0 atom stereocenters. The van der Waals surface area contributed by atoms with Gasteiger partial charge in [-0.05, 0) is 60.2 Å². The maximum absolute atomic E-state index is 13.0. The Morgan fingerprint density at radius 3 is 2.34 bits per heavy atom. The van der Waals surface area contributed by atoms with Gasteiger partial charge in [-0.3, -0.25) is 4.79 Å². The van der Waals surface area contributed by atoms with Gasteiger partial charge in [0.25, 0.3) is 5.91 Å². The van der Waals surface area contributed by atoms with E-state index in [9.17, 15) is 13.6 Å². The minimum atomic E-state index is -0.384. The fourth-order valence-electron chi connectivity index (χ4n) is 2.90. The van der Waals surface area contributed by atoms with Crippen LogP contribution in [0.15, 0.2) is 72.1 Å². The van der Waals surface area contributed by atoms with Crippen molar-refractivity contribution in [2.75, 3.05) is 12.4 Å². The van der Waals surface area contributed by atoms with Gasteiger partial charge in [0.15, 0.2) is 11.5 Å². The highest BCUT2D eigenvalue weighted by molar-refractivity contribution is 7.13. The third kappa shape index (κ3) is 5.09. The monoisotopic (exact) mass is 452 g/mol. The number of halogens is 2. The summed E-state index contributed by atoms with van der Waals surface area (Å²) in [5.41, 5.74) is 2.33. The number of hydrogen-bond donors (Lipinski definition) is 1. The van der Waals surface area contributed by atoms with E-state index in [0.717, 1.165) is 11.1 Å². The van der Waals surface area contributed by atoms with Crippen LogP contribution in [0.2, 0.25) is 0 Å². The first kappa shape index (κ1) is 21.5. The number of nitrogens with one attached hydrogen (secondary N) is 1. The van der Waals surface area contributed by atoms with Crippen molar-refractivity contribution in [2.24, 2.45) is 0 Å². The zero-order valence-corrected chi connectivity index (χ0v) is 17.8. The van der Waals surface area contributed by atoms with Crippen molar-refractivity contribution in [1.82, 2.24) is 4.98 Å². The predicted octanol–water partition coefficient (Wildman–Crippen LogP) is 5.93. The Hall–Kier alpha value is -3.78. The number of aromatic nitrogens is 1. The van der Waals surface area contributed by atoms with Crippen molar-refractivity contribution in [3.05, 3.63) is 95.0 Å². The second-order valence-corrected chi connectivity index (χ2v) is 7.64. The van der Waals surface area contributed by atoms with E-state index in [0.29, 0.717) is 22.2 Å². The van der Waals surface area contributed by atoms with Crippen LogP contribution in [-0.4, -0.2) is 18.0 Å². The van der Waals surface area contributed by atoms with E-state index >= 15 is 0 Å². The van der Waals surface area contributed by atoms with Gasteiger partial charge in [-0.2, -0.15) is 0 Å². The summed E-state index contributed by atoms with van der Waals surface area (Å²) >= 11 is 1.32. The molecule has 0 saturated carbocycles. The van der Waals surface area contributed by atoms with Crippen LogP contribution in [0, 0.1) is 11.6 Å². The molecule has 0 fully saturated rings. The third-order valence-corrected chi connectivity index (χ3v) is 5.45. The molecule has 0 saturated heterocycles. The van der Waals surface area contributed by atoms with Gasteiger partial charge in [0.1, 0.15) is 28.9 Å². The van der Waals surface area contributed by atoms with Crippen LogP contribution in [0.5, 0.6) is 11.5 Å². The number of carbonyl (C=O) groups excluding carboxylic acids is 1. The fraction of sp³-hybridized carbons (Fsp3) is 0.0833. The number of thiazole rings is 1. The summed E-state index contributed by atoms with van der Waals surface area (Å²) in [4.78, 5) is 16.8. The second-order valence-electron chi connectivity index (χ2n) is 6.78. The minimum absolute atomic E-state index is 0.255. The minimum Gasteiger partial charge on any atom is -0.493 e. The molecule has 32 heavy (non-hydrogen) atoms. The molecule has 0 radical (unpaired) electrons. The average Bonchev–Trinajstić information content (AvgIpc) is 3.31. The summed E-state index contributed by atoms with van der Waals surface area (Å²) in [6, 6.07) is 16.9. The molecule has 0 spiro atoms. The molecule has 0 aliphatic rings. The van der Waals surface area contributed by atoms with Gasteiger partial charge in [-0.1, -0.05) is 12.1 Å². The highest BCUT2D eigenvalue weighted by Crippen LogP contribution is 2.34. The lowest BCUT2D eigenvalue weighted by molar-refractivity contribution is 0.102. The van der Waals surface area contributed by atoms with E-state index in [1.54, 1.807) is 29.6 Å². The van der Waals surface area contributed by atoms with Gasteiger partial charge >= 0.3 is 0 Å². The van der Waals surface area contributed by atoms with Crippen LogP contribution in [-0.2, 0) is 6.61 Å². The fourth-order valence-corrected chi connectivity index (χ4v) is 3.70. The molecule has 1 N–H and O–H groups in total. The summed E-state index contributed by atoms with van der Waals surface area (Å²) in [5.74, 6) is -0.0170. The number of amides is 1. The molecular weight excluding hydrogens is 434 g/mol. The SMILES string of the molecule is COc1cc(-c2nc(C(=O)Nc3ccc(F)cc3)cs2)ccc1OCc1ccc(F)cc1. The zero-order chi connectivity index (χ0) is 22.5. The summed E-state index contributed by atoms with van der Waals surface area (Å²) in [6.45, 7) is 0.265. The molecule has 0 bridgehead atoms. The number of carbonyl (C=O) groups is 1. The van der Waals surface area contributed by atoms with Crippen LogP contribution in [0.4, 0.5) is 14.5 Å². The second kappa shape index (κ2) is 9.57. The first-order chi connectivity index (χ1) is 15.5. The number of anilines is 1. The maximum atomic E-state index is 13.0. The van der Waals surface area contributed by atoms with Crippen molar-refractivity contribution >= 4 is 22.9 Å². The molecular formula is C24H18F2N2O3S. The topological polar surface area (TPSA) is 60.5 Å². The molecule has 1 aromatic heterocycles. The van der Waals surface area contributed by atoms with Crippen molar-refractivity contribution in [1.29, 1.82) is 0 Å². The van der Waals surface area contributed by atoms with Gasteiger partial charge in [-0.25, -0.2) is 13.8 Å². The van der Waals surface area contributed by atoms with Crippen LogP contribution in [0.3, 0.4) is 0 Å². The lowest BCUT2D eigenvalue weighted by Crippen LogP contribution is -2.12. The maximum Gasteiger partial charge on any atom is 0.275 e. The van der Waals surface area contributed by atoms with Crippen LogP contribution in [0.1, 0.15) is 16.1 Å². The van der Waals surface area contributed by atoms with Crippen LogP contribution < -0.4 is 14.8 Å². The summed E-state index contributed by atoms with van der Waals surface area (Å²) in [6.07, 6.45) is 0. The molecule has 3 aromatic carbocycles. The van der Waals surface area contributed by atoms with E-state index in [1.807, 2.05) is 6.07 Å². The first-order valence-electron chi connectivity index (χ1n) is 9.60. The molecule has 162 valence electrons. The number of nitrogens with zero attached hydrogens (tertiary/aromatic N) is 1. The average molecular weight is 452 g/mol. The zero-order valence-electron chi connectivity index (χ0n) is 17.0. The van der Waals surface area contributed by atoms with Crippen LogP contribution in [0.25, 0.3) is 10.6 Å². The summed E-state index contributed by atoms with van der Waals surface area (Å²) in [5, 5.41) is 4.98. The lowest BCUT2D eigenvalue weighted by atomic mass is 10.2. The Balaban J connectivity index is 1.46. The third-order valence-electron chi connectivity index (χ3n) is 4.56. The lowest BCUT2D eigenvalue weighted by Gasteiger charge is -2.12. The van der Waals surface area contributed by atoms with Gasteiger partial charge in [0, 0.05) is 16.6 Å². The number of ether oxygens (including phenoxy) is 2. The van der Waals surface area contributed by atoms with E-state index < -0.39 is 0 Å². The van der Waals surface area contributed by atoms with E-state index in [4.69, 9.17) is 9.47 Å². The normalized spacial score (nSPS) is 10.6. The molecule has 8 heteroatoms. The molecule has 4 rings (SSSR count). The van der Waals surface area contributed by atoms with E-state index in [1.165, 1.54) is 54.8 Å². The molecule has 5 nitrogen and oxygen atoms in total. The van der Waals surface area contributed by atoms with Crippen molar-refractivity contribution < 1.29 is 23.0 Å². The van der Waals surface area contributed by atoms with Gasteiger partial charge in [-0.15, -0.1) is 11.3 Å². The van der Waals surface area contributed by atoms with Crippen molar-refractivity contribution in [2.45, 2.75) is 6.61 Å². The molecule has 1 heterocycles. The Bertz CT molecular complexity index is 1220. The summed E-state index contributed by atoms with van der Waals surface area (Å²) in [7, 11) is 1.54. The number of benzene rings is 3. The first-order valence-corrected chi connectivity index (χ1v) is 10.5. The van der Waals surface area contributed by atoms with Gasteiger partial charge in [0.05, 0.1) is 7.11 Å². The Morgan fingerprint density at radius 2 is 1.66 bits per heavy atom. The molecule has 0 aliphatic heterocycles. The van der Waals surface area contributed by atoms with E-state index in [2.05, 4.69) is 10.3 Å². The Kier molecular flexibility index (Phi) is 6.42. The quantitative estimate of drug-likeness (QED) is 0.378. The Morgan fingerprint density at radius 1 is 0.969 bits per heavy atom.